The standard InChI is InChI=1S/C23H29NO4S/c1-16-11-13-17(14-12-16)15-29-19(18-9-7-6-8-10-18)23(5,20(25)26)24-21(27)28-22(2,3)4/h6-14,19H,15H2,1-5H3,(H,24,27)(H,25,26). The highest BCUT2D eigenvalue weighted by Gasteiger charge is 2.45. The third-order valence-corrected chi connectivity index (χ3v) is 5.95. The average molecular weight is 416 g/mol. The van der Waals surface area contributed by atoms with Crippen molar-refractivity contribution < 1.29 is 19.4 Å². The van der Waals surface area contributed by atoms with Crippen LogP contribution in [0, 0.1) is 6.92 Å². The predicted octanol–water partition coefficient (Wildman–Crippen LogP) is 5.34. The maximum atomic E-state index is 12.4. The lowest BCUT2D eigenvalue weighted by Gasteiger charge is -2.35. The summed E-state index contributed by atoms with van der Waals surface area (Å²) in [5, 5.41) is 12.2. The molecule has 1 amide bonds. The Bertz CT molecular complexity index is 830. The minimum absolute atomic E-state index is 0.518. The van der Waals surface area contributed by atoms with Crippen LogP contribution in [0.25, 0.3) is 0 Å². The van der Waals surface area contributed by atoms with E-state index in [-0.39, 0.29) is 0 Å². The molecule has 0 aliphatic heterocycles. The molecule has 0 bridgehead atoms. The Labute approximate surface area is 176 Å². The monoisotopic (exact) mass is 415 g/mol. The number of hydrogen-bond acceptors (Lipinski definition) is 4. The second kappa shape index (κ2) is 9.35. The van der Waals surface area contributed by atoms with Gasteiger partial charge in [0.25, 0.3) is 0 Å². The van der Waals surface area contributed by atoms with Gasteiger partial charge >= 0.3 is 12.1 Å². The number of carboxylic acid groups (broad SMARTS) is 1. The first-order valence-corrected chi connectivity index (χ1v) is 10.5. The zero-order valence-electron chi connectivity index (χ0n) is 17.6. The number of rotatable bonds is 7. The van der Waals surface area contributed by atoms with E-state index >= 15 is 0 Å². The number of ether oxygens (including phenoxy) is 1. The summed E-state index contributed by atoms with van der Waals surface area (Å²) in [4.78, 5) is 24.7. The average Bonchev–Trinajstić information content (AvgIpc) is 2.62. The SMILES string of the molecule is Cc1ccc(CSC(c2ccccc2)C(C)(NC(=O)OC(C)(C)C)C(=O)O)cc1. The van der Waals surface area contributed by atoms with Crippen molar-refractivity contribution in [3.05, 3.63) is 71.3 Å². The van der Waals surface area contributed by atoms with Crippen molar-refractivity contribution in [2.24, 2.45) is 0 Å². The molecule has 0 fully saturated rings. The highest BCUT2D eigenvalue weighted by Crippen LogP contribution is 2.41. The van der Waals surface area contributed by atoms with Crippen LogP contribution in [0.2, 0.25) is 0 Å². The smallest absolute Gasteiger partial charge is 0.408 e. The molecule has 0 saturated carbocycles. The summed E-state index contributed by atoms with van der Waals surface area (Å²) in [6.07, 6.45) is -0.751. The lowest BCUT2D eigenvalue weighted by atomic mass is 9.92. The topological polar surface area (TPSA) is 75.6 Å². The molecule has 0 radical (unpaired) electrons. The number of benzene rings is 2. The van der Waals surface area contributed by atoms with E-state index in [4.69, 9.17) is 4.74 Å². The van der Waals surface area contributed by atoms with Crippen LogP contribution in [0.4, 0.5) is 4.79 Å². The van der Waals surface area contributed by atoms with Crippen LogP contribution in [-0.2, 0) is 15.3 Å². The molecule has 2 aromatic rings. The van der Waals surface area contributed by atoms with E-state index in [1.54, 1.807) is 20.8 Å². The van der Waals surface area contributed by atoms with Gasteiger partial charge in [0.05, 0.1) is 5.25 Å². The molecule has 2 aromatic carbocycles. The van der Waals surface area contributed by atoms with Gasteiger partial charge in [0, 0.05) is 5.75 Å². The van der Waals surface area contributed by atoms with Crippen LogP contribution >= 0.6 is 11.8 Å². The van der Waals surface area contributed by atoms with E-state index in [2.05, 4.69) is 5.32 Å². The number of aliphatic carboxylic acids is 1. The Hall–Kier alpha value is -2.47. The van der Waals surface area contributed by atoms with Crippen LogP contribution in [0.3, 0.4) is 0 Å². The second-order valence-electron chi connectivity index (χ2n) is 8.22. The largest absolute Gasteiger partial charge is 0.479 e. The number of aryl methyl sites for hydroxylation is 1. The normalized spacial score (nSPS) is 14.5. The lowest BCUT2D eigenvalue weighted by Crippen LogP contribution is -2.56. The van der Waals surface area contributed by atoms with Gasteiger partial charge in [0.1, 0.15) is 5.60 Å². The summed E-state index contributed by atoms with van der Waals surface area (Å²) in [7, 11) is 0. The molecule has 29 heavy (non-hydrogen) atoms. The fraction of sp³-hybridized carbons (Fsp3) is 0.391. The lowest BCUT2D eigenvalue weighted by molar-refractivity contribution is -0.144. The number of carbonyl (C=O) groups is 2. The van der Waals surface area contributed by atoms with Gasteiger partial charge in [-0.25, -0.2) is 9.59 Å². The number of nitrogens with one attached hydrogen (secondary N) is 1. The first kappa shape index (κ1) is 22.8. The fourth-order valence-corrected chi connectivity index (χ4v) is 4.23. The zero-order chi connectivity index (χ0) is 21.7. The van der Waals surface area contributed by atoms with E-state index in [1.807, 2.05) is 61.5 Å². The number of hydrogen-bond donors (Lipinski definition) is 2. The number of alkyl carbamates (subject to hydrolysis) is 1. The van der Waals surface area contributed by atoms with Gasteiger partial charge in [-0.2, -0.15) is 0 Å². The van der Waals surface area contributed by atoms with Gasteiger partial charge in [-0.3, -0.25) is 0 Å². The Morgan fingerprint density at radius 2 is 1.62 bits per heavy atom. The van der Waals surface area contributed by atoms with E-state index in [0.717, 1.165) is 11.1 Å². The third-order valence-electron chi connectivity index (χ3n) is 4.37. The molecule has 156 valence electrons. The van der Waals surface area contributed by atoms with Gasteiger partial charge in [0.15, 0.2) is 5.54 Å². The molecule has 6 heteroatoms. The van der Waals surface area contributed by atoms with Crippen LogP contribution in [0.5, 0.6) is 0 Å². The minimum atomic E-state index is -1.56. The Kier molecular flexibility index (Phi) is 7.36. The molecule has 0 aliphatic carbocycles. The van der Waals surface area contributed by atoms with Crippen molar-refractivity contribution in [3.8, 4) is 0 Å². The molecule has 0 saturated heterocycles. The summed E-state index contributed by atoms with van der Waals surface area (Å²) in [5.41, 5.74) is 0.803. The molecule has 0 spiro atoms. The summed E-state index contributed by atoms with van der Waals surface area (Å²) < 4.78 is 5.32. The van der Waals surface area contributed by atoms with Gasteiger partial charge in [-0.1, -0.05) is 60.2 Å². The van der Waals surface area contributed by atoms with Gasteiger partial charge in [0.2, 0.25) is 0 Å². The number of amides is 1. The zero-order valence-corrected chi connectivity index (χ0v) is 18.4. The highest BCUT2D eigenvalue weighted by molar-refractivity contribution is 7.98. The predicted molar refractivity (Wildman–Crippen MR) is 117 cm³/mol. The van der Waals surface area contributed by atoms with Crippen LogP contribution < -0.4 is 5.32 Å². The van der Waals surface area contributed by atoms with Gasteiger partial charge in [-0.15, -0.1) is 11.8 Å². The molecule has 2 rings (SSSR count). The van der Waals surface area contributed by atoms with Crippen LogP contribution in [0.1, 0.15) is 49.6 Å². The molecule has 0 aromatic heterocycles. The Balaban J connectivity index is 2.33. The van der Waals surface area contributed by atoms with Crippen molar-refractivity contribution in [1.82, 2.24) is 5.32 Å². The van der Waals surface area contributed by atoms with Gasteiger partial charge in [-0.05, 0) is 45.7 Å². The van der Waals surface area contributed by atoms with Crippen LogP contribution in [-0.4, -0.2) is 28.3 Å². The summed E-state index contributed by atoms with van der Waals surface area (Å²) in [5.74, 6) is -0.507. The molecule has 2 N–H and O–H groups in total. The summed E-state index contributed by atoms with van der Waals surface area (Å²) in [6, 6.07) is 17.5. The molecule has 2 atom stereocenters. The number of thioether (sulfide) groups is 1. The van der Waals surface area contributed by atoms with Crippen LogP contribution in [0.15, 0.2) is 54.6 Å². The molecule has 0 heterocycles. The summed E-state index contributed by atoms with van der Waals surface area (Å²) in [6.45, 7) is 8.78. The maximum Gasteiger partial charge on any atom is 0.408 e. The molecule has 5 nitrogen and oxygen atoms in total. The Morgan fingerprint density at radius 1 is 1.03 bits per heavy atom. The van der Waals surface area contributed by atoms with E-state index in [0.29, 0.717) is 5.75 Å². The second-order valence-corrected chi connectivity index (χ2v) is 9.32. The van der Waals surface area contributed by atoms with E-state index in [1.165, 1.54) is 24.2 Å². The first-order chi connectivity index (χ1) is 13.5. The molecular weight excluding hydrogens is 386 g/mol. The van der Waals surface area contributed by atoms with Gasteiger partial charge < -0.3 is 15.2 Å². The fourth-order valence-electron chi connectivity index (χ4n) is 2.83. The summed E-state index contributed by atoms with van der Waals surface area (Å²) >= 11 is 1.48. The highest BCUT2D eigenvalue weighted by atomic mass is 32.2. The minimum Gasteiger partial charge on any atom is -0.479 e. The molecule has 0 aliphatic rings. The van der Waals surface area contributed by atoms with Crippen molar-refractivity contribution >= 4 is 23.8 Å². The quantitative estimate of drug-likeness (QED) is 0.639. The maximum absolute atomic E-state index is 12.4. The van der Waals surface area contributed by atoms with E-state index in [9.17, 15) is 14.7 Å². The van der Waals surface area contributed by atoms with Crippen molar-refractivity contribution in [2.45, 2.75) is 56.8 Å². The molecular formula is C23H29NO4S. The molecule has 2 unspecified atom stereocenters. The van der Waals surface area contributed by atoms with E-state index < -0.39 is 28.5 Å². The Morgan fingerprint density at radius 3 is 2.14 bits per heavy atom. The number of carboxylic acids is 1. The van der Waals surface area contributed by atoms with Crippen molar-refractivity contribution in [2.75, 3.05) is 0 Å². The van der Waals surface area contributed by atoms with Crippen molar-refractivity contribution in [1.29, 1.82) is 0 Å². The third kappa shape index (κ3) is 6.53. The first-order valence-electron chi connectivity index (χ1n) is 9.48. The number of carbonyl (C=O) groups excluding carboxylic acids is 1. The van der Waals surface area contributed by atoms with Crippen molar-refractivity contribution in [3.63, 3.8) is 0 Å².